The van der Waals surface area contributed by atoms with Crippen molar-refractivity contribution in [2.75, 3.05) is 43.0 Å². The predicted molar refractivity (Wildman–Crippen MR) is 118 cm³/mol. The van der Waals surface area contributed by atoms with Crippen molar-refractivity contribution in [1.82, 2.24) is 4.90 Å². The van der Waals surface area contributed by atoms with E-state index in [0.29, 0.717) is 13.1 Å². The van der Waals surface area contributed by atoms with Crippen LogP contribution in [-0.2, 0) is 9.59 Å². The van der Waals surface area contributed by atoms with E-state index in [0.717, 1.165) is 18.8 Å². The highest BCUT2D eigenvalue weighted by atomic mass is 16.2. The van der Waals surface area contributed by atoms with Gasteiger partial charge in [-0.2, -0.15) is 0 Å². The van der Waals surface area contributed by atoms with Crippen LogP contribution in [0.5, 0.6) is 0 Å². The third-order valence-corrected chi connectivity index (χ3v) is 6.00. The summed E-state index contributed by atoms with van der Waals surface area (Å²) in [5.41, 5.74) is 3.48. The molecular weight excluding hydrogens is 362 g/mol. The second-order valence-corrected chi connectivity index (χ2v) is 8.32. The molecule has 1 heterocycles. The quantitative estimate of drug-likeness (QED) is 0.745. The molecule has 0 N–H and O–H groups in total. The van der Waals surface area contributed by atoms with Gasteiger partial charge in [0.1, 0.15) is 5.41 Å². The molecule has 2 aromatic rings. The molecule has 1 aliphatic heterocycles. The number of anilines is 2. The molecule has 1 fully saturated rings. The first kappa shape index (κ1) is 20.9. The molecule has 154 valence electrons. The zero-order chi connectivity index (χ0) is 21.2. The Morgan fingerprint density at radius 2 is 1.52 bits per heavy atom. The number of rotatable bonds is 4. The standard InChI is InChI=1S/C24H31N3O2/c1-18-10-9-13-21(19(18)2)26-14-16-27(17-15-26)23(29)24(3,4)22(28)25(5)20-11-7-6-8-12-20/h6-13H,14-17H2,1-5H3. The summed E-state index contributed by atoms with van der Waals surface area (Å²) in [6.07, 6.45) is 0. The lowest BCUT2D eigenvalue weighted by molar-refractivity contribution is -0.147. The minimum Gasteiger partial charge on any atom is -0.368 e. The third-order valence-electron chi connectivity index (χ3n) is 6.00. The Balaban J connectivity index is 1.67. The summed E-state index contributed by atoms with van der Waals surface area (Å²) in [5.74, 6) is -0.295. The van der Waals surface area contributed by atoms with E-state index in [9.17, 15) is 9.59 Å². The average molecular weight is 394 g/mol. The lowest BCUT2D eigenvalue weighted by atomic mass is 9.89. The van der Waals surface area contributed by atoms with Crippen molar-refractivity contribution >= 4 is 23.2 Å². The number of carbonyl (C=O) groups is 2. The maximum atomic E-state index is 13.2. The second-order valence-electron chi connectivity index (χ2n) is 8.32. The summed E-state index contributed by atoms with van der Waals surface area (Å²) < 4.78 is 0. The van der Waals surface area contributed by atoms with Crippen molar-refractivity contribution < 1.29 is 9.59 Å². The zero-order valence-corrected chi connectivity index (χ0v) is 18.1. The molecule has 3 rings (SSSR count). The van der Waals surface area contributed by atoms with E-state index in [1.807, 2.05) is 35.2 Å². The molecule has 5 heteroatoms. The summed E-state index contributed by atoms with van der Waals surface area (Å²) in [4.78, 5) is 32.0. The normalized spacial score (nSPS) is 14.7. The zero-order valence-electron chi connectivity index (χ0n) is 18.1. The van der Waals surface area contributed by atoms with Crippen molar-refractivity contribution in [3.63, 3.8) is 0 Å². The maximum absolute atomic E-state index is 13.2. The first-order valence-electron chi connectivity index (χ1n) is 10.2. The third kappa shape index (κ3) is 4.14. The van der Waals surface area contributed by atoms with Crippen LogP contribution in [0.1, 0.15) is 25.0 Å². The number of hydrogen-bond donors (Lipinski definition) is 0. The van der Waals surface area contributed by atoms with E-state index in [2.05, 4.69) is 36.9 Å². The van der Waals surface area contributed by atoms with Gasteiger partial charge in [-0.15, -0.1) is 0 Å². The Hall–Kier alpha value is -2.82. The molecule has 5 nitrogen and oxygen atoms in total. The van der Waals surface area contributed by atoms with Crippen molar-refractivity contribution in [3.8, 4) is 0 Å². The Bertz CT molecular complexity index is 884. The number of amides is 2. The average Bonchev–Trinajstić information content (AvgIpc) is 2.74. The van der Waals surface area contributed by atoms with Crippen LogP contribution in [0, 0.1) is 19.3 Å². The van der Waals surface area contributed by atoms with Crippen LogP contribution >= 0.6 is 0 Å². The van der Waals surface area contributed by atoms with Gasteiger partial charge in [-0.05, 0) is 57.0 Å². The van der Waals surface area contributed by atoms with Gasteiger partial charge in [-0.1, -0.05) is 30.3 Å². The Labute approximate surface area is 173 Å². The highest BCUT2D eigenvalue weighted by molar-refractivity contribution is 6.10. The molecule has 2 aromatic carbocycles. The molecular formula is C24H31N3O2. The minimum absolute atomic E-state index is 0.106. The fraction of sp³-hybridized carbons (Fsp3) is 0.417. The molecule has 0 bridgehead atoms. The fourth-order valence-electron chi connectivity index (χ4n) is 3.90. The smallest absolute Gasteiger partial charge is 0.241 e. The summed E-state index contributed by atoms with van der Waals surface area (Å²) in [6, 6.07) is 15.8. The second kappa shape index (κ2) is 8.27. The van der Waals surface area contributed by atoms with E-state index >= 15 is 0 Å². The van der Waals surface area contributed by atoms with Gasteiger partial charge in [0.05, 0.1) is 0 Å². The number of nitrogens with zero attached hydrogens (tertiary/aromatic N) is 3. The molecule has 0 aromatic heterocycles. The Kier molecular flexibility index (Phi) is 5.96. The van der Waals surface area contributed by atoms with Crippen molar-refractivity contribution in [2.24, 2.45) is 5.41 Å². The van der Waals surface area contributed by atoms with Crippen molar-refractivity contribution in [3.05, 3.63) is 59.7 Å². The van der Waals surface area contributed by atoms with Gasteiger partial charge in [0.15, 0.2) is 0 Å². The van der Waals surface area contributed by atoms with Crippen LogP contribution in [-0.4, -0.2) is 49.9 Å². The van der Waals surface area contributed by atoms with Crippen LogP contribution < -0.4 is 9.80 Å². The van der Waals surface area contributed by atoms with Crippen LogP contribution in [0.25, 0.3) is 0 Å². The summed E-state index contributed by atoms with van der Waals surface area (Å²) in [5, 5.41) is 0. The van der Waals surface area contributed by atoms with Gasteiger partial charge >= 0.3 is 0 Å². The van der Waals surface area contributed by atoms with Gasteiger partial charge in [0.25, 0.3) is 0 Å². The Morgan fingerprint density at radius 3 is 2.14 bits per heavy atom. The number of hydrogen-bond acceptors (Lipinski definition) is 3. The van der Waals surface area contributed by atoms with Crippen molar-refractivity contribution in [2.45, 2.75) is 27.7 Å². The van der Waals surface area contributed by atoms with Gasteiger partial charge in [0, 0.05) is 44.6 Å². The minimum atomic E-state index is -1.11. The summed E-state index contributed by atoms with van der Waals surface area (Å²) in [7, 11) is 1.73. The number of para-hydroxylation sites is 1. The van der Waals surface area contributed by atoms with Crippen LogP contribution in [0.2, 0.25) is 0 Å². The fourth-order valence-corrected chi connectivity index (χ4v) is 3.90. The topological polar surface area (TPSA) is 43.9 Å². The Morgan fingerprint density at radius 1 is 0.897 bits per heavy atom. The summed E-state index contributed by atoms with van der Waals surface area (Å²) >= 11 is 0. The largest absolute Gasteiger partial charge is 0.368 e. The molecule has 0 aliphatic carbocycles. The van der Waals surface area contributed by atoms with Crippen molar-refractivity contribution in [1.29, 1.82) is 0 Å². The molecule has 0 spiro atoms. The first-order chi connectivity index (χ1) is 13.7. The van der Waals surface area contributed by atoms with Gasteiger partial charge in [-0.3, -0.25) is 9.59 Å². The lowest BCUT2D eigenvalue weighted by Crippen LogP contribution is -2.55. The van der Waals surface area contributed by atoms with Gasteiger partial charge < -0.3 is 14.7 Å². The molecule has 29 heavy (non-hydrogen) atoms. The van der Waals surface area contributed by atoms with Gasteiger partial charge in [-0.25, -0.2) is 0 Å². The SMILES string of the molecule is Cc1cccc(N2CCN(C(=O)C(C)(C)C(=O)N(C)c3ccccc3)CC2)c1C. The van der Waals surface area contributed by atoms with E-state index in [4.69, 9.17) is 0 Å². The molecule has 0 saturated carbocycles. The van der Waals surface area contributed by atoms with Crippen LogP contribution in [0.4, 0.5) is 11.4 Å². The van der Waals surface area contributed by atoms with Gasteiger partial charge in [0.2, 0.25) is 11.8 Å². The number of carbonyl (C=O) groups excluding carboxylic acids is 2. The van der Waals surface area contributed by atoms with E-state index < -0.39 is 5.41 Å². The summed E-state index contributed by atoms with van der Waals surface area (Å²) in [6.45, 7) is 10.5. The number of aryl methyl sites for hydroxylation is 1. The monoisotopic (exact) mass is 393 g/mol. The molecule has 0 radical (unpaired) electrons. The highest BCUT2D eigenvalue weighted by Gasteiger charge is 2.42. The maximum Gasteiger partial charge on any atom is 0.241 e. The molecule has 1 aliphatic rings. The van der Waals surface area contributed by atoms with E-state index in [-0.39, 0.29) is 11.8 Å². The lowest BCUT2D eigenvalue weighted by Gasteiger charge is -2.40. The highest BCUT2D eigenvalue weighted by Crippen LogP contribution is 2.28. The molecule has 0 atom stereocenters. The molecule has 0 unspecified atom stereocenters. The molecule has 2 amide bonds. The number of piperazine rings is 1. The van der Waals surface area contributed by atoms with Crippen LogP contribution in [0.3, 0.4) is 0 Å². The number of benzene rings is 2. The van der Waals surface area contributed by atoms with Crippen LogP contribution in [0.15, 0.2) is 48.5 Å². The van der Waals surface area contributed by atoms with E-state index in [1.165, 1.54) is 16.8 Å². The van der Waals surface area contributed by atoms with E-state index in [1.54, 1.807) is 25.8 Å². The predicted octanol–water partition coefficient (Wildman–Crippen LogP) is 3.64. The molecule has 1 saturated heterocycles. The first-order valence-corrected chi connectivity index (χ1v) is 10.2.